The van der Waals surface area contributed by atoms with Crippen molar-refractivity contribution in [1.29, 1.82) is 0 Å². The van der Waals surface area contributed by atoms with Gasteiger partial charge in [0.1, 0.15) is 11.5 Å². The Morgan fingerprint density at radius 1 is 1.15 bits per heavy atom. The zero-order valence-corrected chi connectivity index (χ0v) is 12.1. The molecule has 20 heavy (non-hydrogen) atoms. The maximum atomic E-state index is 5.62. The van der Waals surface area contributed by atoms with Crippen molar-refractivity contribution in [2.45, 2.75) is 33.9 Å². The summed E-state index contributed by atoms with van der Waals surface area (Å²) in [6.45, 7) is 7.41. The minimum absolute atomic E-state index is 0.434. The van der Waals surface area contributed by atoms with Crippen LogP contribution in [-0.4, -0.2) is 9.55 Å². The first-order chi connectivity index (χ1) is 9.58. The topological polar surface area (TPSA) is 57.0 Å². The first kappa shape index (κ1) is 12.9. The highest BCUT2D eigenvalue weighted by Gasteiger charge is 2.10. The Bertz CT molecular complexity index is 767. The monoisotopic (exact) mass is 269 g/mol. The lowest BCUT2D eigenvalue weighted by Gasteiger charge is -2.05. The van der Waals surface area contributed by atoms with Crippen molar-refractivity contribution < 1.29 is 4.42 Å². The second-order valence-electron chi connectivity index (χ2n) is 5.30. The van der Waals surface area contributed by atoms with E-state index in [4.69, 9.17) is 10.2 Å². The molecule has 0 saturated heterocycles. The molecule has 3 aromatic rings. The summed E-state index contributed by atoms with van der Waals surface area (Å²) in [6, 6.07) is 6.36. The van der Waals surface area contributed by atoms with Crippen LogP contribution in [0.5, 0.6) is 0 Å². The first-order valence-corrected chi connectivity index (χ1v) is 6.79. The Morgan fingerprint density at radius 2 is 1.90 bits per heavy atom. The van der Waals surface area contributed by atoms with Gasteiger partial charge in [-0.3, -0.25) is 0 Å². The van der Waals surface area contributed by atoms with Crippen molar-refractivity contribution in [3.63, 3.8) is 0 Å². The van der Waals surface area contributed by atoms with Gasteiger partial charge in [0.15, 0.2) is 0 Å². The van der Waals surface area contributed by atoms with Gasteiger partial charge >= 0.3 is 0 Å². The van der Waals surface area contributed by atoms with Crippen LogP contribution >= 0.6 is 0 Å². The average Bonchev–Trinajstić information content (AvgIpc) is 2.96. The number of hydrogen-bond donors (Lipinski definition) is 1. The van der Waals surface area contributed by atoms with Crippen molar-refractivity contribution in [1.82, 2.24) is 9.55 Å². The normalized spacial score (nSPS) is 11.4. The lowest BCUT2D eigenvalue weighted by molar-refractivity contribution is 0.482. The van der Waals surface area contributed by atoms with E-state index in [1.807, 2.05) is 19.3 Å². The van der Waals surface area contributed by atoms with E-state index in [2.05, 4.69) is 35.5 Å². The minimum Gasteiger partial charge on any atom is -0.465 e. The molecule has 0 unspecified atom stereocenters. The van der Waals surface area contributed by atoms with Crippen molar-refractivity contribution in [3.8, 4) is 0 Å². The highest BCUT2D eigenvalue weighted by Crippen LogP contribution is 2.21. The number of benzene rings is 1. The summed E-state index contributed by atoms with van der Waals surface area (Å²) in [4.78, 5) is 4.48. The molecule has 1 aromatic carbocycles. The summed E-state index contributed by atoms with van der Waals surface area (Å²) >= 11 is 0. The van der Waals surface area contributed by atoms with Gasteiger partial charge in [0.25, 0.3) is 0 Å². The Balaban J connectivity index is 2.02. The van der Waals surface area contributed by atoms with Gasteiger partial charge in [-0.25, -0.2) is 4.98 Å². The molecular formula is C16H19N3O. The van der Waals surface area contributed by atoms with E-state index >= 15 is 0 Å². The number of aryl methyl sites for hydroxylation is 3. The Kier molecular flexibility index (Phi) is 3.10. The van der Waals surface area contributed by atoms with E-state index < -0.39 is 0 Å². The predicted octanol–water partition coefficient (Wildman–Crippen LogP) is 3.06. The zero-order valence-electron chi connectivity index (χ0n) is 12.1. The van der Waals surface area contributed by atoms with Crippen LogP contribution in [0.15, 0.2) is 28.9 Å². The summed E-state index contributed by atoms with van der Waals surface area (Å²) in [7, 11) is 0. The standard InChI is InChI=1S/C16H19N3O/c1-10-4-15-16(5-11(10)2)19(9-18-15)8-13-6-14(7-17)20-12(13)3/h4-6,9H,7-8,17H2,1-3H3. The molecule has 4 nitrogen and oxygen atoms in total. The molecule has 0 radical (unpaired) electrons. The van der Waals surface area contributed by atoms with Crippen LogP contribution < -0.4 is 5.73 Å². The zero-order chi connectivity index (χ0) is 14.3. The van der Waals surface area contributed by atoms with E-state index in [1.165, 1.54) is 11.1 Å². The molecule has 0 amide bonds. The lowest BCUT2D eigenvalue weighted by atomic mass is 10.1. The van der Waals surface area contributed by atoms with Gasteiger partial charge in [-0.2, -0.15) is 0 Å². The van der Waals surface area contributed by atoms with Crippen molar-refractivity contribution in [2.75, 3.05) is 0 Å². The van der Waals surface area contributed by atoms with Crippen LogP contribution in [0.4, 0.5) is 0 Å². The summed E-state index contributed by atoms with van der Waals surface area (Å²) in [5, 5.41) is 0. The molecule has 0 saturated carbocycles. The predicted molar refractivity (Wildman–Crippen MR) is 79.6 cm³/mol. The fourth-order valence-electron chi connectivity index (χ4n) is 2.47. The maximum Gasteiger partial charge on any atom is 0.118 e. The van der Waals surface area contributed by atoms with Crippen LogP contribution in [0.1, 0.15) is 28.2 Å². The van der Waals surface area contributed by atoms with E-state index in [9.17, 15) is 0 Å². The molecular weight excluding hydrogens is 250 g/mol. The van der Waals surface area contributed by atoms with Crippen molar-refractivity contribution in [2.24, 2.45) is 5.73 Å². The second-order valence-corrected chi connectivity index (χ2v) is 5.30. The summed E-state index contributed by atoms with van der Waals surface area (Å²) in [6.07, 6.45) is 1.89. The number of nitrogens with zero attached hydrogens (tertiary/aromatic N) is 2. The third-order valence-corrected chi connectivity index (χ3v) is 3.85. The van der Waals surface area contributed by atoms with Gasteiger partial charge in [0.05, 0.1) is 30.5 Å². The number of rotatable bonds is 3. The number of furan rings is 1. The summed E-state index contributed by atoms with van der Waals surface area (Å²) in [5.74, 6) is 1.75. The smallest absolute Gasteiger partial charge is 0.118 e. The molecule has 4 heteroatoms. The van der Waals surface area contributed by atoms with Crippen LogP contribution in [-0.2, 0) is 13.1 Å². The summed E-state index contributed by atoms with van der Waals surface area (Å²) in [5.41, 5.74) is 11.5. The average molecular weight is 269 g/mol. The largest absolute Gasteiger partial charge is 0.465 e. The van der Waals surface area contributed by atoms with Crippen LogP contribution in [0.25, 0.3) is 11.0 Å². The Hall–Kier alpha value is -2.07. The molecule has 2 heterocycles. The van der Waals surface area contributed by atoms with E-state index in [0.717, 1.165) is 34.7 Å². The first-order valence-electron chi connectivity index (χ1n) is 6.79. The van der Waals surface area contributed by atoms with Crippen LogP contribution in [0, 0.1) is 20.8 Å². The van der Waals surface area contributed by atoms with Gasteiger partial charge in [-0.15, -0.1) is 0 Å². The third kappa shape index (κ3) is 2.12. The summed E-state index contributed by atoms with van der Waals surface area (Å²) < 4.78 is 7.76. The Labute approximate surface area is 118 Å². The molecule has 0 aliphatic carbocycles. The van der Waals surface area contributed by atoms with Crippen molar-refractivity contribution >= 4 is 11.0 Å². The molecule has 0 spiro atoms. The molecule has 2 N–H and O–H groups in total. The fourth-order valence-corrected chi connectivity index (χ4v) is 2.47. The molecule has 0 fully saturated rings. The van der Waals surface area contributed by atoms with Gasteiger partial charge in [-0.1, -0.05) is 0 Å². The van der Waals surface area contributed by atoms with Gasteiger partial charge in [0, 0.05) is 5.56 Å². The number of fused-ring (bicyclic) bond motifs is 1. The highest BCUT2D eigenvalue weighted by molar-refractivity contribution is 5.77. The molecule has 0 bridgehead atoms. The number of aromatic nitrogens is 2. The molecule has 104 valence electrons. The van der Waals surface area contributed by atoms with E-state index in [1.54, 1.807) is 0 Å². The lowest BCUT2D eigenvalue weighted by Crippen LogP contribution is -1.98. The third-order valence-electron chi connectivity index (χ3n) is 3.85. The minimum atomic E-state index is 0.434. The SMILES string of the molecule is Cc1cc2ncn(Cc3cc(CN)oc3C)c2cc1C. The maximum absolute atomic E-state index is 5.62. The van der Waals surface area contributed by atoms with Gasteiger partial charge in [-0.05, 0) is 50.1 Å². The fraction of sp³-hybridized carbons (Fsp3) is 0.312. The number of imidazole rings is 1. The molecule has 2 aromatic heterocycles. The molecule has 0 aliphatic heterocycles. The molecule has 0 atom stereocenters. The molecule has 0 aliphatic rings. The Morgan fingerprint density at radius 3 is 2.60 bits per heavy atom. The van der Waals surface area contributed by atoms with Crippen molar-refractivity contribution in [3.05, 3.63) is 52.7 Å². The van der Waals surface area contributed by atoms with Crippen LogP contribution in [0.3, 0.4) is 0 Å². The van der Waals surface area contributed by atoms with E-state index in [-0.39, 0.29) is 0 Å². The highest BCUT2D eigenvalue weighted by atomic mass is 16.3. The number of hydrogen-bond acceptors (Lipinski definition) is 3. The van der Waals surface area contributed by atoms with Crippen LogP contribution in [0.2, 0.25) is 0 Å². The quantitative estimate of drug-likeness (QED) is 0.795. The second kappa shape index (κ2) is 4.80. The molecule has 3 rings (SSSR count). The van der Waals surface area contributed by atoms with Gasteiger partial charge < -0.3 is 14.7 Å². The van der Waals surface area contributed by atoms with Gasteiger partial charge in [0.2, 0.25) is 0 Å². The van der Waals surface area contributed by atoms with E-state index in [0.29, 0.717) is 6.54 Å². The number of nitrogens with two attached hydrogens (primary N) is 1.